The molecule has 0 aliphatic carbocycles. The Morgan fingerprint density at radius 2 is 1.77 bits per heavy atom. The van der Waals surface area contributed by atoms with E-state index in [1.165, 1.54) is 12.6 Å². The highest BCUT2D eigenvalue weighted by molar-refractivity contribution is 6.58. The molecule has 2 heteroatoms. The number of hydrogen-bond donors (Lipinski definition) is 0. The molecule has 0 aromatic rings. The highest BCUT2D eigenvalue weighted by Crippen LogP contribution is 2.24. The van der Waals surface area contributed by atoms with Crippen LogP contribution in [0.5, 0.6) is 0 Å². The van der Waals surface area contributed by atoms with Gasteiger partial charge in [0.05, 0.1) is 0 Å². The fourth-order valence-electron chi connectivity index (χ4n) is 2.54. The molecule has 1 aliphatic rings. The van der Waals surface area contributed by atoms with Crippen LogP contribution in [0.15, 0.2) is 11.6 Å². The van der Waals surface area contributed by atoms with E-state index < -0.39 is 0 Å². The maximum Gasteiger partial charge on any atom is 0.231 e. The topological polar surface area (TPSA) is 3.24 Å². The van der Waals surface area contributed by atoms with Crippen molar-refractivity contribution in [2.45, 2.75) is 59.3 Å². The lowest BCUT2D eigenvalue weighted by Gasteiger charge is -2.34. The molecule has 0 saturated heterocycles. The normalized spacial score (nSPS) is 17.8. The largest absolute Gasteiger partial charge is 0.337 e. The molecule has 13 heavy (non-hydrogen) atoms. The molecule has 0 unspecified atom stereocenters. The van der Waals surface area contributed by atoms with E-state index in [1.807, 2.05) is 0 Å². The van der Waals surface area contributed by atoms with Gasteiger partial charge in [-0.1, -0.05) is 39.3 Å². The molecule has 0 aromatic carbocycles. The van der Waals surface area contributed by atoms with Gasteiger partial charge >= 0.3 is 0 Å². The minimum atomic E-state index is 0.671. The van der Waals surface area contributed by atoms with Gasteiger partial charge < -0.3 is 4.81 Å². The van der Waals surface area contributed by atoms with E-state index in [-0.39, 0.29) is 0 Å². The molecule has 1 heterocycles. The summed E-state index contributed by atoms with van der Waals surface area (Å²) in [5, 5.41) is 0. The van der Waals surface area contributed by atoms with Crippen LogP contribution in [0.4, 0.5) is 0 Å². The van der Waals surface area contributed by atoms with Gasteiger partial charge in [0, 0.05) is 0 Å². The molecular weight excluding hydrogens is 157 g/mol. The van der Waals surface area contributed by atoms with E-state index in [4.69, 9.17) is 0 Å². The van der Waals surface area contributed by atoms with E-state index in [1.54, 1.807) is 5.57 Å². The van der Waals surface area contributed by atoms with E-state index in [0.717, 1.165) is 6.85 Å². The maximum atomic E-state index is 2.63. The van der Waals surface area contributed by atoms with Gasteiger partial charge in [0.15, 0.2) is 0 Å². The lowest BCUT2D eigenvalue weighted by molar-refractivity contribution is 0.303. The van der Waals surface area contributed by atoms with Crippen molar-refractivity contribution in [1.82, 2.24) is 4.81 Å². The highest BCUT2D eigenvalue weighted by Gasteiger charge is 2.29. The van der Waals surface area contributed by atoms with Gasteiger partial charge in [0.2, 0.25) is 6.85 Å². The second-order valence-electron chi connectivity index (χ2n) is 4.78. The fraction of sp³-hybridized carbons (Fsp3) is 0.818. The third-order valence-electron chi connectivity index (χ3n) is 2.91. The first-order chi connectivity index (χ1) is 6.02. The van der Waals surface area contributed by atoms with Gasteiger partial charge in [0.25, 0.3) is 0 Å². The molecule has 0 amide bonds. The summed E-state index contributed by atoms with van der Waals surface area (Å²) in [4.78, 5) is 2.63. The van der Waals surface area contributed by atoms with Crippen LogP contribution in [0, 0.1) is 0 Å². The van der Waals surface area contributed by atoms with Crippen LogP contribution in [0.25, 0.3) is 0 Å². The molecule has 0 bridgehead atoms. The van der Waals surface area contributed by atoms with Gasteiger partial charge in [-0.15, -0.1) is 0 Å². The van der Waals surface area contributed by atoms with E-state index in [0.29, 0.717) is 12.1 Å². The highest BCUT2D eigenvalue weighted by atomic mass is 15.1. The van der Waals surface area contributed by atoms with Crippen molar-refractivity contribution < 1.29 is 0 Å². The van der Waals surface area contributed by atoms with Gasteiger partial charge in [0.1, 0.15) is 0 Å². The zero-order chi connectivity index (χ0) is 10.0. The van der Waals surface area contributed by atoms with Gasteiger partial charge in [-0.2, -0.15) is 0 Å². The quantitative estimate of drug-likeness (QED) is 0.475. The maximum absolute atomic E-state index is 2.63. The van der Waals surface area contributed by atoms with Crippen molar-refractivity contribution >= 4 is 6.85 Å². The first-order valence-electron chi connectivity index (χ1n) is 5.45. The second kappa shape index (κ2) is 4.32. The molecule has 0 N–H and O–H groups in total. The van der Waals surface area contributed by atoms with Crippen LogP contribution in [-0.2, 0) is 0 Å². The molecule has 0 aromatic heterocycles. The molecule has 0 atom stereocenters. The number of nitrogens with zero attached hydrogens (tertiary/aromatic N) is 1. The summed E-state index contributed by atoms with van der Waals surface area (Å²) in [5.41, 5.74) is 1.57. The summed E-state index contributed by atoms with van der Waals surface area (Å²) in [6.45, 7) is 12.2. The van der Waals surface area contributed by atoms with E-state index >= 15 is 0 Å². The molecule has 1 aliphatic heterocycles. The minimum absolute atomic E-state index is 0.671. The van der Waals surface area contributed by atoms with Crippen molar-refractivity contribution in [1.29, 1.82) is 0 Å². The first kappa shape index (κ1) is 10.8. The average molecular weight is 179 g/mol. The molecule has 1 rings (SSSR count). The van der Waals surface area contributed by atoms with Crippen LogP contribution in [0.1, 0.15) is 34.6 Å². The van der Waals surface area contributed by atoms with Crippen LogP contribution in [0.3, 0.4) is 0 Å². The molecule has 0 saturated carbocycles. The Balaban J connectivity index is 2.57. The molecule has 74 valence electrons. The van der Waals surface area contributed by atoms with Crippen molar-refractivity contribution in [3.63, 3.8) is 0 Å². The van der Waals surface area contributed by atoms with E-state index in [2.05, 4.69) is 45.5 Å². The third kappa shape index (κ3) is 2.60. The Kier molecular flexibility index (Phi) is 3.60. The summed E-state index contributed by atoms with van der Waals surface area (Å²) in [5.74, 6) is 0. The van der Waals surface area contributed by atoms with E-state index in [9.17, 15) is 0 Å². The van der Waals surface area contributed by atoms with Crippen molar-refractivity contribution in [3.8, 4) is 0 Å². The number of hydrogen-bond acceptors (Lipinski definition) is 1. The number of rotatable bonds is 3. The predicted octanol–water partition coefficient (Wildman–Crippen LogP) is 3.06. The van der Waals surface area contributed by atoms with Crippen LogP contribution in [0.2, 0.25) is 12.6 Å². The summed E-state index contributed by atoms with van der Waals surface area (Å²) in [6, 6.07) is 1.34. The van der Waals surface area contributed by atoms with Gasteiger partial charge in [-0.25, -0.2) is 0 Å². The predicted molar refractivity (Wildman–Crippen MR) is 61.2 cm³/mol. The van der Waals surface area contributed by atoms with Crippen molar-refractivity contribution in [2.75, 3.05) is 0 Å². The molecular formula is C11H22BN. The molecule has 1 nitrogen and oxygen atoms in total. The minimum Gasteiger partial charge on any atom is -0.337 e. The molecule has 0 radical (unpaired) electrons. The van der Waals surface area contributed by atoms with Gasteiger partial charge in [-0.05, 0) is 31.6 Å². The Bertz CT molecular complexity index is 188. The Morgan fingerprint density at radius 3 is 2.08 bits per heavy atom. The lowest BCUT2D eigenvalue weighted by atomic mass is 9.56. The summed E-state index contributed by atoms with van der Waals surface area (Å²) in [6.07, 6.45) is 4.92. The molecule has 0 fully saturated rings. The van der Waals surface area contributed by atoms with Crippen molar-refractivity contribution in [2.24, 2.45) is 0 Å². The van der Waals surface area contributed by atoms with Gasteiger partial charge in [-0.3, -0.25) is 0 Å². The smallest absolute Gasteiger partial charge is 0.231 e. The summed E-state index contributed by atoms with van der Waals surface area (Å²) >= 11 is 0. The van der Waals surface area contributed by atoms with Crippen molar-refractivity contribution in [3.05, 3.63) is 11.6 Å². The van der Waals surface area contributed by atoms with Crippen LogP contribution in [-0.4, -0.2) is 23.7 Å². The second-order valence-corrected chi connectivity index (χ2v) is 4.78. The lowest BCUT2D eigenvalue weighted by Crippen LogP contribution is -2.46. The standard InChI is InChI=1S/C11H22BN/c1-9(2)13(10(3)4)12-7-6-11(5)8-12/h6,9-10H,7-8H2,1-5H3. The Hall–Kier alpha value is -0.235. The third-order valence-corrected chi connectivity index (χ3v) is 2.91. The average Bonchev–Trinajstić information content (AvgIpc) is 2.34. The molecule has 0 spiro atoms. The monoisotopic (exact) mass is 179 g/mol. The zero-order valence-corrected chi connectivity index (χ0v) is 9.67. The first-order valence-corrected chi connectivity index (χ1v) is 5.45. The summed E-state index contributed by atoms with van der Waals surface area (Å²) in [7, 11) is 0. The van der Waals surface area contributed by atoms with Crippen LogP contribution >= 0.6 is 0 Å². The Labute approximate surface area is 83.3 Å². The zero-order valence-electron chi connectivity index (χ0n) is 9.67. The summed E-state index contributed by atoms with van der Waals surface area (Å²) < 4.78 is 0. The fourth-order valence-corrected chi connectivity index (χ4v) is 2.54. The SMILES string of the molecule is CC1=CCB(N(C(C)C)C(C)C)C1. The van der Waals surface area contributed by atoms with Crippen LogP contribution < -0.4 is 0 Å². The number of allylic oxidation sites excluding steroid dienone is 2. The Morgan fingerprint density at radius 1 is 1.23 bits per heavy atom.